The van der Waals surface area contributed by atoms with E-state index in [0.717, 1.165) is 0 Å². The van der Waals surface area contributed by atoms with Crippen LogP contribution < -0.4 is 5.48 Å². The Bertz CT molecular complexity index is 239. The molecule has 2 N–H and O–H groups in total. The lowest BCUT2D eigenvalue weighted by Gasteiger charge is -2.00. The summed E-state index contributed by atoms with van der Waals surface area (Å²) in [6.45, 7) is 0. The first-order valence-electron chi connectivity index (χ1n) is 2.59. The molecule has 54 valence electrons. The second-order valence-electron chi connectivity index (χ2n) is 1.74. The summed E-state index contributed by atoms with van der Waals surface area (Å²) in [4.78, 5) is 0. The molecule has 0 fully saturated rings. The van der Waals surface area contributed by atoms with Crippen molar-refractivity contribution in [3.63, 3.8) is 0 Å². The van der Waals surface area contributed by atoms with Crippen molar-refractivity contribution in [1.29, 1.82) is 0 Å². The Morgan fingerprint density at radius 3 is 2.50 bits per heavy atom. The summed E-state index contributed by atoms with van der Waals surface area (Å²) in [7, 11) is 0. The molecule has 0 amide bonds. The van der Waals surface area contributed by atoms with E-state index in [1.165, 1.54) is 0 Å². The molecule has 0 radical (unpaired) electrons. The zero-order valence-corrected chi connectivity index (χ0v) is 6.45. The maximum Gasteiger partial charge on any atom is 0.0789 e. The standard InChI is InChI=1S/C6H5Cl2NO/c7-4-1-2-6(9-10)5(8)3-4/h1-3,9-10H. The Balaban J connectivity index is 3.07. The van der Waals surface area contributed by atoms with Crippen molar-refractivity contribution in [2.75, 3.05) is 5.48 Å². The van der Waals surface area contributed by atoms with Gasteiger partial charge in [-0.05, 0) is 18.2 Å². The second kappa shape index (κ2) is 3.10. The van der Waals surface area contributed by atoms with E-state index in [1.54, 1.807) is 18.2 Å². The van der Waals surface area contributed by atoms with E-state index in [0.29, 0.717) is 15.7 Å². The van der Waals surface area contributed by atoms with Gasteiger partial charge in [-0.3, -0.25) is 10.7 Å². The Labute approximate surface area is 68.3 Å². The summed E-state index contributed by atoms with van der Waals surface area (Å²) in [5, 5.41) is 9.38. The maximum absolute atomic E-state index is 8.43. The number of benzene rings is 1. The van der Waals surface area contributed by atoms with Crippen molar-refractivity contribution in [2.24, 2.45) is 0 Å². The highest BCUT2D eigenvalue weighted by Gasteiger charge is 1.97. The topological polar surface area (TPSA) is 32.3 Å². The van der Waals surface area contributed by atoms with Gasteiger partial charge >= 0.3 is 0 Å². The molecule has 0 spiro atoms. The zero-order chi connectivity index (χ0) is 7.56. The van der Waals surface area contributed by atoms with Crippen LogP contribution in [0.4, 0.5) is 5.69 Å². The fourth-order valence-electron chi connectivity index (χ4n) is 0.580. The number of rotatable bonds is 1. The summed E-state index contributed by atoms with van der Waals surface area (Å²) in [6, 6.07) is 4.76. The van der Waals surface area contributed by atoms with E-state index in [1.807, 2.05) is 5.48 Å². The van der Waals surface area contributed by atoms with Gasteiger partial charge in [0.1, 0.15) is 0 Å². The van der Waals surface area contributed by atoms with Crippen LogP contribution in [0.15, 0.2) is 18.2 Å². The Morgan fingerprint density at radius 1 is 1.30 bits per heavy atom. The number of hydrogen-bond donors (Lipinski definition) is 2. The van der Waals surface area contributed by atoms with Crippen molar-refractivity contribution in [3.05, 3.63) is 28.2 Å². The lowest BCUT2D eigenvalue weighted by Crippen LogP contribution is -1.88. The predicted molar refractivity (Wildman–Crippen MR) is 41.9 cm³/mol. The van der Waals surface area contributed by atoms with Crippen LogP contribution in [0.2, 0.25) is 10.0 Å². The molecule has 0 heterocycles. The minimum atomic E-state index is 0.398. The Hall–Kier alpha value is -0.440. The molecule has 2 nitrogen and oxygen atoms in total. The quantitative estimate of drug-likeness (QED) is 0.648. The molecule has 0 bridgehead atoms. The van der Waals surface area contributed by atoms with Crippen molar-refractivity contribution in [2.45, 2.75) is 0 Å². The molecule has 10 heavy (non-hydrogen) atoms. The summed E-state index contributed by atoms with van der Waals surface area (Å²) in [5.41, 5.74) is 2.38. The average Bonchev–Trinajstić information content (AvgIpc) is 1.88. The van der Waals surface area contributed by atoms with Gasteiger partial charge in [0, 0.05) is 5.02 Å². The molecule has 0 saturated heterocycles. The summed E-state index contributed by atoms with van der Waals surface area (Å²) >= 11 is 11.2. The summed E-state index contributed by atoms with van der Waals surface area (Å²) in [5.74, 6) is 0. The fourth-order valence-corrected chi connectivity index (χ4v) is 1.03. The third-order valence-electron chi connectivity index (χ3n) is 1.05. The molecule has 4 heteroatoms. The largest absolute Gasteiger partial charge is 0.291 e. The molecule has 0 aliphatic carbocycles. The first kappa shape index (κ1) is 7.66. The molecule has 0 aromatic heterocycles. The monoisotopic (exact) mass is 177 g/mol. The molecule has 1 rings (SSSR count). The summed E-state index contributed by atoms with van der Waals surface area (Å²) in [6.07, 6.45) is 0. The molecule has 0 saturated carbocycles. The third kappa shape index (κ3) is 1.53. The molecule has 1 aromatic rings. The van der Waals surface area contributed by atoms with Gasteiger partial charge in [0.05, 0.1) is 10.7 Å². The zero-order valence-electron chi connectivity index (χ0n) is 4.94. The molecule has 0 aliphatic rings. The van der Waals surface area contributed by atoms with Crippen molar-refractivity contribution >= 4 is 28.9 Å². The van der Waals surface area contributed by atoms with Crippen LogP contribution in [0, 0.1) is 0 Å². The minimum absolute atomic E-state index is 0.398. The normalized spacial score (nSPS) is 9.50. The van der Waals surface area contributed by atoms with Crippen LogP contribution in [-0.2, 0) is 0 Å². The molecule has 0 unspecified atom stereocenters. The van der Waals surface area contributed by atoms with E-state index in [9.17, 15) is 0 Å². The van der Waals surface area contributed by atoms with Gasteiger partial charge in [0.15, 0.2) is 0 Å². The Morgan fingerprint density at radius 2 is 2.00 bits per heavy atom. The van der Waals surface area contributed by atoms with Gasteiger partial charge in [0.25, 0.3) is 0 Å². The van der Waals surface area contributed by atoms with E-state index in [2.05, 4.69) is 0 Å². The number of anilines is 1. The SMILES string of the molecule is ONc1ccc(Cl)cc1Cl. The van der Waals surface area contributed by atoms with Crippen LogP contribution in [0.5, 0.6) is 0 Å². The van der Waals surface area contributed by atoms with Gasteiger partial charge in [-0.25, -0.2) is 0 Å². The van der Waals surface area contributed by atoms with E-state index in [4.69, 9.17) is 28.4 Å². The number of hydrogen-bond acceptors (Lipinski definition) is 2. The lowest BCUT2D eigenvalue weighted by atomic mass is 10.3. The van der Waals surface area contributed by atoms with Crippen LogP contribution in [-0.4, -0.2) is 5.21 Å². The molecule has 0 atom stereocenters. The smallest absolute Gasteiger partial charge is 0.0789 e. The van der Waals surface area contributed by atoms with E-state index < -0.39 is 0 Å². The van der Waals surface area contributed by atoms with Gasteiger partial charge in [-0.15, -0.1) is 0 Å². The average molecular weight is 178 g/mol. The molecular weight excluding hydrogens is 173 g/mol. The summed E-state index contributed by atoms with van der Waals surface area (Å²) < 4.78 is 0. The van der Waals surface area contributed by atoms with Crippen LogP contribution in [0.25, 0.3) is 0 Å². The predicted octanol–water partition coefficient (Wildman–Crippen LogP) is 2.79. The van der Waals surface area contributed by atoms with Crippen LogP contribution >= 0.6 is 23.2 Å². The molecular formula is C6H5Cl2NO. The van der Waals surface area contributed by atoms with Gasteiger partial charge in [-0.2, -0.15) is 0 Å². The first-order chi connectivity index (χ1) is 4.74. The number of halogens is 2. The Kier molecular flexibility index (Phi) is 2.38. The maximum atomic E-state index is 8.43. The highest BCUT2D eigenvalue weighted by molar-refractivity contribution is 6.36. The van der Waals surface area contributed by atoms with Crippen LogP contribution in [0.1, 0.15) is 0 Å². The number of nitrogens with one attached hydrogen (secondary N) is 1. The minimum Gasteiger partial charge on any atom is -0.291 e. The van der Waals surface area contributed by atoms with Gasteiger partial charge in [0.2, 0.25) is 0 Å². The fraction of sp³-hybridized carbons (Fsp3) is 0. The van der Waals surface area contributed by atoms with E-state index >= 15 is 0 Å². The lowest BCUT2D eigenvalue weighted by molar-refractivity contribution is 0.389. The van der Waals surface area contributed by atoms with Gasteiger partial charge < -0.3 is 0 Å². The highest BCUT2D eigenvalue weighted by Crippen LogP contribution is 2.24. The molecule has 1 aromatic carbocycles. The molecule has 0 aliphatic heterocycles. The van der Waals surface area contributed by atoms with E-state index in [-0.39, 0.29) is 0 Å². The van der Waals surface area contributed by atoms with Crippen molar-refractivity contribution < 1.29 is 5.21 Å². The van der Waals surface area contributed by atoms with Crippen molar-refractivity contribution in [1.82, 2.24) is 0 Å². The third-order valence-corrected chi connectivity index (χ3v) is 1.60. The second-order valence-corrected chi connectivity index (χ2v) is 2.58. The highest BCUT2D eigenvalue weighted by atomic mass is 35.5. The van der Waals surface area contributed by atoms with Gasteiger partial charge in [-0.1, -0.05) is 23.2 Å². The first-order valence-corrected chi connectivity index (χ1v) is 3.35. The van der Waals surface area contributed by atoms with Crippen LogP contribution in [0.3, 0.4) is 0 Å². The van der Waals surface area contributed by atoms with Crippen molar-refractivity contribution in [3.8, 4) is 0 Å².